The van der Waals surface area contributed by atoms with Crippen LogP contribution in [-0.4, -0.2) is 54.1 Å². The third-order valence-electron chi connectivity index (χ3n) is 5.49. The maximum Gasteiger partial charge on any atom is 0.410 e. The molecule has 31 heavy (non-hydrogen) atoms. The van der Waals surface area contributed by atoms with E-state index in [1.54, 1.807) is 11.0 Å². The number of carboxylic acids is 1. The van der Waals surface area contributed by atoms with E-state index in [1.807, 2.05) is 20.8 Å². The minimum absolute atomic E-state index is 0.0301. The first kappa shape index (κ1) is 27.1. The first-order chi connectivity index (χ1) is 14.2. The van der Waals surface area contributed by atoms with E-state index < -0.39 is 26.0 Å². The van der Waals surface area contributed by atoms with Gasteiger partial charge in [0.15, 0.2) is 8.32 Å². The molecule has 0 saturated heterocycles. The number of pyridine rings is 1. The predicted octanol–water partition coefficient (Wildman–Crippen LogP) is 5.71. The van der Waals surface area contributed by atoms with Crippen LogP contribution in [-0.2, 0) is 15.7 Å². The summed E-state index contributed by atoms with van der Waals surface area (Å²) in [6.07, 6.45) is 1.06. The van der Waals surface area contributed by atoms with E-state index in [0.29, 0.717) is 29.8 Å². The van der Waals surface area contributed by atoms with Crippen LogP contribution in [0.2, 0.25) is 16.6 Å². The van der Waals surface area contributed by atoms with Crippen LogP contribution in [0.4, 0.5) is 4.79 Å². The van der Waals surface area contributed by atoms with E-state index in [4.69, 9.17) is 14.3 Å². The third-order valence-corrected chi connectivity index (χ3v) is 11.6. The number of amides is 1. The molecule has 7 nitrogen and oxygen atoms in total. The SMILES string of the molecule is CC(C)[Si](OCCN(Cc1ccc(C(=O)O)nc1)C(=O)OC(C)(C)C)(C(C)C)C(C)C. The minimum atomic E-state index is -2.04. The molecule has 0 saturated carbocycles. The molecular formula is C23H40N2O5Si. The number of aromatic nitrogens is 1. The van der Waals surface area contributed by atoms with Crippen molar-refractivity contribution in [3.63, 3.8) is 0 Å². The number of carbonyl (C=O) groups excluding carboxylic acids is 1. The van der Waals surface area contributed by atoms with Crippen LogP contribution in [0.15, 0.2) is 18.3 Å². The minimum Gasteiger partial charge on any atom is -0.477 e. The fraction of sp³-hybridized carbons (Fsp3) is 0.696. The highest BCUT2D eigenvalue weighted by Gasteiger charge is 2.45. The van der Waals surface area contributed by atoms with E-state index in [0.717, 1.165) is 5.56 Å². The zero-order chi connectivity index (χ0) is 24.0. The molecule has 1 aromatic heterocycles. The normalized spacial score (nSPS) is 12.5. The van der Waals surface area contributed by atoms with Crippen molar-refractivity contribution in [2.24, 2.45) is 0 Å². The Morgan fingerprint density at radius 1 is 1.06 bits per heavy atom. The molecule has 0 spiro atoms. The van der Waals surface area contributed by atoms with Crippen LogP contribution < -0.4 is 0 Å². The molecule has 0 aliphatic carbocycles. The summed E-state index contributed by atoms with van der Waals surface area (Å²) in [5.41, 5.74) is 1.45. The summed E-state index contributed by atoms with van der Waals surface area (Å²) in [5.74, 6) is -1.08. The number of hydrogen-bond acceptors (Lipinski definition) is 5. The van der Waals surface area contributed by atoms with Crippen LogP contribution in [0.3, 0.4) is 0 Å². The average molecular weight is 453 g/mol. The molecule has 1 amide bonds. The summed E-state index contributed by atoms with van der Waals surface area (Å²) in [4.78, 5) is 29.4. The molecule has 1 heterocycles. The Bertz CT molecular complexity index is 705. The van der Waals surface area contributed by atoms with Gasteiger partial charge in [-0.2, -0.15) is 0 Å². The van der Waals surface area contributed by atoms with E-state index in [9.17, 15) is 9.59 Å². The fourth-order valence-electron chi connectivity index (χ4n) is 4.26. The number of aromatic carboxylic acids is 1. The van der Waals surface area contributed by atoms with Gasteiger partial charge in [-0.25, -0.2) is 14.6 Å². The Hall–Kier alpha value is -1.93. The monoisotopic (exact) mass is 452 g/mol. The van der Waals surface area contributed by atoms with Crippen LogP contribution in [0.1, 0.15) is 78.4 Å². The maximum absolute atomic E-state index is 12.8. The number of nitrogens with zero attached hydrogens (tertiary/aromatic N) is 2. The molecule has 0 aromatic carbocycles. The zero-order valence-corrected chi connectivity index (χ0v) is 21.6. The van der Waals surface area contributed by atoms with Crippen molar-refractivity contribution in [1.29, 1.82) is 0 Å². The molecule has 0 aliphatic heterocycles. The van der Waals surface area contributed by atoms with Gasteiger partial charge in [0, 0.05) is 12.7 Å². The summed E-state index contributed by atoms with van der Waals surface area (Å²) in [5, 5.41) is 9.04. The number of hydrogen-bond donors (Lipinski definition) is 1. The predicted molar refractivity (Wildman–Crippen MR) is 125 cm³/mol. The summed E-state index contributed by atoms with van der Waals surface area (Å²) in [6.45, 7) is 20.0. The molecule has 0 bridgehead atoms. The quantitative estimate of drug-likeness (QED) is 0.457. The summed E-state index contributed by atoms with van der Waals surface area (Å²) in [7, 11) is -2.04. The lowest BCUT2D eigenvalue weighted by Gasteiger charge is -2.42. The summed E-state index contributed by atoms with van der Waals surface area (Å²) >= 11 is 0. The maximum atomic E-state index is 12.8. The van der Waals surface area contributed by atoms with Gasteiger partial charge in [-0.1, -0.05) is 47.6 Å². The molecule has 1 N–H and O–H groups in total. The lowest BCUT2D eigenvalue weighted by atomic mass is 10.2. The van der Waals surface area contributed by atoms with Gasteiger partial charge in [-0.15, -0.1) is 0 Å². The molecule has 0 fully saturated rings. The van der Waals surface area contributed by atoms with E-state index in [1.165, 1.54) is 12.3 Å². The van der Waals surface area contributed by atoms with Crippen LogP contribution in [0, 0.1) is 0 Å². The highest BCUT2D eigenvalue weighted by atomic mass is 28.4. The number of ether oxygens (including phenoxy) is 1. The van der Waals surface area contributed by atoms with Crippen molar-refractivity contribution < 1.29 is 23.9 Å². The van der Waals surface area contributed by atoms with Gasteiger partial charge >= 0.3 is 12.1 Å². The first-order valence-corrected chi connectivity index (χ1v) is 13.1. The number of rotatable bonds is 10. The standard InChI is InChI=1S/C23H40N2O5Si/c1-16(2)31(17(3)4,18(5)6)29-13-12-25(22(28)30-23(7,8)9)15-19-10-11-20(21(26)27)24-14-19/h10-11,14,16-18H,12-13,15H2,1-9H3,(H,26,27). The van der Waals surface area contributed by atoms with Gasteiger partial charge in [0.2, 0.25) is 0 Å². The molecule has 176 valence electrons. The molecule has 0 unspecified atom stereocenters. The topological polar surface area (TPSA) is 89.0 Å². The van der Waals surface area contributed by atoms with Crippen molar-refractivity contribution >= 4 is 20.4 Å². The second-order valence-corrected chi connectivity index (χ2v) is 15.4. The Morgan fingerprint density at radius 3 is 2.00 bits per heavy atom. The van der Waals surface area contributed by atoms with Crippen molar-refractivity contribution in [3.8, 4) is 0 Å². The number of carboxylic acid groups (broad SMARTS) is 1. The Kier molecular flexibility index (Phi) is 9.69. The molecular weight excluding hydrogens is 412 g/mol. The van der Waals surface area contributed by atoms with E-state index in [2.05, 4.69) is 46.5 Å². The fourth-order valence-corrected chi connectivity index (χ4v) is 9.70. The van der Waals surface area contributed by atoms with Gasteiger partial charge < -0.3 is 19.2 Å². The van der Waals surface area contributed by atoms with Crippen LogP contribution in [0.25, 0.3) is 0 Å². The molecule has 0 atom stereocenters. The van der Waals surface area contributed by atoms with Crippen LogP contribution >= 0.6 is 0 Å². The first-order valence-electron chi connectivity index (χ1n) is 11.0. The zero-order valence-electron chi connectivity index (χ0n) is 20.6. The largest absolute Gasteiger partial charge is 0.477 e. The van der Waals surface area contributed by atoms with Gasteiger partial charge in [0.25, 0.3) is 0 Å². The van der Waals surface area contributed by atoms with Gasteiger partial charge in [0.05, 0.1) is 13.2 Å². The summed E-state index contributed by atoms with van der Waals surface area (Å²) in [6, 6.07) is 3.11. The molecule has 0 aliphatic rings. The van der Waals surface area contributed by atoms with E-state index >= 15 is 0 Å². The summed E-state index contributed by atoms with van der Waals surface area (Å²) < 4.78 is 12.2. The smallest absolute Gasteiger partial charge is 0.410 e. The second-order valence-electron chi connectivity index (χ2n) is 9.92. The molecule has 8 heteroatoms. The molecule has 1 rings (SSSR count). The Morgan fingerprint density at radius 2 is 1.61 bits per heavy atom. The lowest BCUT2D eigenvalue weighted by Crippen LogP contribution is -2.49. The second kappa shape index (κ2) is 11.1. The Balaban J connectivity index is 3.01. The lowest BCUT2D eigenvalue weighted by molar-refractivity contribution is 0.0204. The van der Waals surface area contributed by atoms with Crippen molar-refractivity contribution in [3.05, 3.63) is 29.6 Å². The van der Waals surface area contributed by atoms with Gasteiger partial charge in [-0.05, 0) is 49.0 Å². The molecule has 0 radical (unpaired) electrons. The average Bonchev–Trinajstić information content (AvgIpc) is 2.62. The highest BCUT2D eigenvalue weighted by Crippen LogP contribution is 2.42. The van der Waals surface area contributed by atoms with Gasteiger partial charge in [0.1, 0.15) is 11.3 Å². The third kappa shape index (κ3) is 7.61. The van der Waals surface area contributed by atoms with Gasteiger partial charge in [-0.3, -0.25) is 0 Å². The number of carbonyl (C=O) groups is 2. The Labute approximate surface area is 188 Å². The van der Waals surface area contributed by atoms with E-state index in [-0.39, 0.29) is 12.2 Å². The van der Waals surface area contributed by atoms with Crippen molar-refractivity contribution in [2.75, 3.05) is 13.2 Å². The molecule has 1 aromatic rings. The van der Waals surface area contributed by atoms with Crippen molar-refractivity contribution in [1.82, 2.24) is 9.88 Å². The van der Waals surface area contributed by atoms with Crippen LogP contribution in [0.5, 0.6) is 0 Å². The highest BCUT2D eigenvalue weighted by molar-refractivity contribution is 6.77. The van der Waals surface area contributed by atoms with Crippen molar-refractivity contribution in [2.45, 2.75) is 91.1 Å².